The summed E-state index contributed by atoms with van der Waals surface area (Å²) in [6.45, 7) is 1.62. The Bertz CT molecular complexity index is 1080. The third kappa shape index (κ3) is 5.70. The minimum absolute atomic E-state index is 0.224. The molecule has 0 aliphatic carbocycles. The van der Waals surface area contributed by atoms with Crippen molar-refractivity contribution in [2.24, 2.45) is 0 Å². The Kier molecular flexibility index (Phi) is 7.40. The topological polar surface area (TPSA) is 90.9 Å². The van der Waals surface area contributed by atoms with Crippen molar-refractivity contribution in [2.45, 2.75) is 6.92 Å². The number of thiophene rings is 1. The van der Waals surface area contributed by atoms with Crippen LogP contribution < -0.4 is 10.1 Å². The van der Waals surface area contributed by atoms with Crippen molar-refractivity contribution in [1.29, 1.82) is 0 Å². The van der Waals surface area contributed by atoms with Gasteiger partial charge in [0.15, 0.2) is 11.5 Å². The molecule has 0 bridgehead atoms. The monoisotopic (exact) mass is 439 g/mol. The van der Waals surface area contributed by atoms with E-state index in [-0.39, 0.29) is 29.7 Å². The van der Waals surface area contributed by atoms with E-state index in [0.29, 0.717) is 11.3 Å². The number of hydrogen-bond acceptors (Lipinski definition) is 7. The molecule has 31 heavy (non-hydrogen) atoms. The number of ether oxygens (including phenoxy) is 3. The van der Waals surface area contributed by atoms with Crippen LogP contribution in [0.5, 0.6) is 5.75 Å². The van der Waals surface area contributed by atoms with Crippen molar-refractivity contribution in [2.75, 3.05) is 25.6 Å². The highest BCUT2D eigenvalue weighted by Gasteiger charge is 2.20. The predicted octanol–water partition coefficient (Wildman–Crippen LogP) is 4.40. The summed E-state index contributed by atoms with van der Waals surface area (Å²) in [4.78, 5) is 37.1. The van der Waals surface area contributed by atoms with Gasteiger partial charge >= 0.3 is 11.9 Å². The predicted molar refractivity (Wildman–Crippen MR) is 118 cm³/mol. The van der Waals surface area contributed by atoms with E-state index in [2.05, 4.69) is 5.32 Å². The van der Waals surface area contributed by atoms with Crippen molar-refractivity contribution in [3.8, 4) is 16.2 Å². The van der Waals surface area contributed by atoms with E-state index in [9.17, 15) is 14.4 Å². The number of esters is 2. The molecule has 1 aromatic heterocycles. The summed E-state index contributed by atoms with van der Waals surface area (Å²) in [7, 11) is 1.27. The Morgan fingerprint density at radius 1 is 1.00 bits per heavy atom. The molecule has 7 nitrogen and oxygen atoms in total. The highest BCUT2D eigenvalue weighted by Crippen LogP contribution is 2.37. The van der Waals surface area contributed by atoms with Crippen molar-refractivity contribution in [3.05, 3.63) is 71.1 Å². The zero-order valence-electron chi connectivity index (χ0n) is 17.0. The number of anilines is 1. The molecule has 1 heterocycles. The number of carbonyl (C=O) groups is 3. The summed E-state index contributed by atoms with van der Waals surface area (Å²) < 4.78 is 15.2. The molecule has 0 saturated heterocycles. The molecule has 0 atom stereocenters. The van der Waals surface area contributed by atoms with Crippen LogP contribution >= 0.6 is 11.3 Å². The van der Waals surface area contributed by atoms with Crippen LogP contribution in [-0.2, 0) is 14.3 Å². The zero-order chi connectivity index (χ0) is 22.2. The minimum atomic E-state index is -0.566. The lowest BCUT2D eigenvalue weighted by Gasteiger charge is -2.07. The van der Waals surface area contributed by atoms with E-state index in [1.165, 1.54) is 18.4 Å². The molecule has 3 rings (SSSR count). The second-order valence-electron chi connectivity index (χ2n) is 6.29. The first kappa shape index (κ1) is 22.0. The number of hydrogen-bond donors (Lipinski definition) is 1. The van der Waals surface area contributed by atoms with E-state index >= 15 is 0 Å². The number of methoxy groups -OCH3 is 1. The third-order valence-electron chi connectivity index (χ3n) is 4.16. The van der Waals surface area contributed by atoms with E-state index < -0.39 is 11.9 Å². The molecule has 0 aliphatic rings. The van der Waals surface area contributed by atoms with E-state index in [1.807, 2.05) is 12.1 Å². The standard InChI is InChI=1S/C23H21NO6S/c1-3-29-20(25)14-30-18-13-19(31-21(18)23(27)28-2)16-10-7-11-17(12-16)24-22(26)15-8-5-4-6-9-15/h4-13H,3,14H2,1-2H3,(H,24,26). The molecule has 0 unspecified atom stereocenters. The Balaban J connectivity index is 1.83. The van der Waals surface area contributed by atoms with Gasteiger partial charge in [-0.15, -0.1) is 11.3 Å². The Morgan fingerprint density at radius 2 is 1.77 bits per heavy atom. The largest absolute Gasteiger partial charge is 0.480 e. The van der Waals surface area contributed by atoms with Gasteiger partial charge in [-0.3, -0.25) is 4.79 Å². The summed E-state index contributed by atoms with van der Waals surface area (Å²) in [5, 5.41) is 2.86. The minimum Gasteiger partial charge on any atom is -0.480 e. The number of rotatable bonds is 8. The molecule has 3 aromatic rings. The molecule has 0 aliphatic heterocycles. The van der Waals surface area contributed by atoms with Gasteiger partial charge in [-0.05, 0) is 42.8 Å². The van der Waals surface area contributed by atoms with Crippen molar-refractivity contribution < 1.29 is 28.6 Å². The molecule has 0 fully saturated rings. The van der Waals surface area contributed by atoms with Gasteiger partial charge in [0.25, 0.3) is 5.91 Å². The molecule has 0 radical (unpaired) electrons. The fraction of sp³-hybridized carbons (Fsp3) is 0.174. The van der Waals surface area contributed by atoms with Gasteiger partial charge in [0.05, 0.1) is 13.7 Å². The molecule has 0 spiro atoms. The van der Waals surface area contributed by atoms with Crippen LogP contribution in [0.15, 0.2) is 60.7 Å². The Hall–Kier alpha value is -3.65. The summed E-state index contributed by atoms with van der Waals surface area (Å²) >= 11 is 1.17. The zero-order valence-corrected chi connectivity index (χ0v) is 17.9. The number of nitrogens with one attached hydrogen (secondary N) is 1. The maximum atomic E-state index is 12.4. The van der Waals surface area contributed by atoms with Gasteiger partial charge in [-0.2, -0.15) is 0 Å². The molecule has 1 N–H and O–H groups in total. The molecule has 0 saturated carbocycles. The summed E-state index contributed by atoms with van der Waals surface area (Å²) in [6, 6.07) is 17.8. The Morgan fingerprint density at radius 3 is 2.48 bits per heavy atom. The van der Waals surface area contributed by atoms with Gasteiger partial charge in [-0.1, -0.05) is 30.3 Å². The first-order chi connectivity index (χ1) is 15.0. The van der Waals surface area contributed by atoms with Gasteiger partial charge in [0.2, 0.25) is 0 Å². The summed E-state index contributed by atoms with van der Waals surface area (Å²) in [5.74, 6) is -1.09. The fourth-order valence-corrected chi connectivity index (χ4v) is 3.76. The first-order valence-electron chi connectivity index (χ1n) is 9.49. The van der Waals surface area contributed by atoms with E-state index in [0.717, 1.165) is 10.4 Å². The Labute approximate surface area is 183 Å². The van der Waals surface area contributed by atoms with Crippen LogP contribution in [0.25, 0.3) is 10.4 Å². The van der Waals surface area contributed by atoms with Gasteiger partial charge < -0.3 is 19.5 Å². The van der Waals surface area contributed by atoms with E-state index in [4.69, 9.17) is 14.2 Å². The lowest BCUT2D eigenvalue weighted by Crippen LogP contribution is -2.15. The second kappa shape index (κ2) is 10.4. The maximum Gasteiger partial charge on any atom is 0.351 e. The van der Waals surface area contributed by atoms with Gasteiger partial charge in [0, 0.05) is 16.1 Å². The maximum absolute atomic E-state index is 12.4. The second-order valence-corrected chi connectivity index (χ2v) is 7.34. The molecule has 2 aromatic carbocycles. The number of amides is 1. The van der Waals surface area contributed by atoms with Gasteiger partial charge in [0.1, 0.15) is 5.75 Å². The highest BCUT2D eigenvalue weighted by molar-refractivity contribution is 7.17. The molecule has 8 heteroatoms. The lowest BCUT2D eigenvalue weighted by molar-refractivity contribution is -0.145. The van der Waals surface area contributed by atoms with Crippen LogP contribution in [0.3, 0.4) is 0 Å². The van der Waals surface area contributed by atoms with Crippen LogP contribution in [0, 0.1) is 0 Å². The molecule has 1 amide bonds. The SMILES string of the molecule is CCOC(=O)COc1cc(-c2cccc(NC(=O)c3ccccc3)c2)sc1C(=O)OC. The van der Waals surface area contributed by atoms with E-state index in [1.54, 1.807) is 55.5 Å². The molecule has 160 valence electrons. The lowest BCUT2D eigenvalue weighted by atomic mass is 10.1. The quantitative estimate of drug-likeness (QED) is 0.523. The average Bonchev–Trinajstić information content (AvgIpc) is 3.22. The smallest absolute Gasteiger partial charge is 0.351 e. The van der Waals surface area contributed by atoms with Crippen molar-refractivity contribution in [3.63, 3.8) is 0 Å². The number of carbonyl (C=O) groups excluding carboxylic acids is 3. The molecular formula is C23H21NO6S. The number of benzene rings is 2. The summed E-state index contributed by atoms with van der Waals surface area (Å²) in [6.07, 6.45) is 0. The average molecular weight is 439 g/mol. The normalized spacial score (nSPS) is 10.3. The molecular weight excluding hydrogens is 418 g/mol. The van der Waals surface area contributed by atoms with Crippen molar-refractivity contribution >= 4 is 34.9 Å². The third-order valence-corrected chi connectivity index (χ3v) is 5.31. The van der Waals surface area contributed by atoms with Crippen molar-refractivity contribution in [1.82, 2.24) is 0 Å². The summed E-state index contributed by atoms with van der Waals surface area (Å²) in [5.41, 5.74) is 1.92. The fourth-order valence-electron chi connectivity index (χ4n) is 2.74. The van der Waals surface area contributed by atoms with Crippen LogP contribution in [0.1, 0.15) is 27.0 Å². The highest BCUT2D eigenvalue weighted by atomic mass is 32.1. The van der Waals surface area contributed by atoms with Gasteiger partial charge in [-0.25, -0.2) is 9.59 Å². The van der Waals surface area contributed by atoms with Crippen LogP contribution in [0.4, 0.5) is 5.69 Å². The first-order valence-corrected chi connectivity index (χ1v) is 10.3. The van der Waals surface area contributed by atoms with Crippen LogP contribution in [-0.4, -0.2) is 38.2 Å². The van der Waals surface area contributed by atoms with Crippen LogP contribution in [0.2, 0.25) is 0 Å².